The van der Waals surface area contributed by atoms with Crippen LogP contribution in [0.5, 0.6) is 0 Å². The van der Waals surface area contributed by atoms with Crippen molar-refractivity contribution in [3.05, 3.63) is 0 Å². The molecule has 0 bridgehead atoms. The van der Waals surface area contributed by atoms with E-state index in [0.29, 0.717) is 39.1 Å². The molecule has 0 aromatic heterocycles. The second-order valence-corrected chi connectivity index (χ2v) is 23.4. The molecular formula is C49H90N4O6. The molecule has 3 atom stereocenters. The first-order chi connectivity index (χ1) is 26.9. The van der Waals surface area contributed by atoms with Crippen LogP contribution in [0.4, 0.5) is 4.79 Å². The number of carbonyl (C=O) groups excluding carboxylic acids is 5. The molecule has 0 aromatic carbocycles. The number of carbonyl (C=O) groups is 5. The summed E-state index contributed by atoms with van der Waals surface area (Å²) in [5, 5.41) is 7.38. The highest BCUT2D eigenvalue weighted by atomic mass is 16.6. The zero-order valence-electron chi connectivity index (χ0n) is 40.8. The quantitative estimate of drug-likeness (QED) is 0.103. The minimum absolute atomic E-state index is 0.113. The lowest BCUT2D eigenvalue weighted by molar-refractivity contribution is -0.140. The predicted molar refractivity (Wildman–Crippen MR) is 242 cm³/mol. The van der Waals surface area contributed by atoms with E-state index in [1.165, 1.54) is 0 Å². The van der Waals surface area contributed by atoms with Crippen molar-refractivity contribution in [2.24, 2.45) is 16.2 Å². The summed E-state index contributed by atoms with van der Waals surface area (Å²) in [7, 11) is 0. The Morgan fingerprint density at radius 3 is 1.64 bits per heavy atom. The third kappa shape index (κ3) is 17.2. The van der Waals surface area contributed by atoms with Crippen LogP contribution in [0.1, 0.15) is 213 Å². The second-order valence-electron chi connectivity index (χ2n) is 23.4. The minimum atomic E-state index is -0.774. The van der Waals surface area contributed by atoms with Crippen LogP contribution >= 0.6 is 0 Å². The number of amides is 2. The van der Waals surface area contributed by atoms with Gasteiger partial charge in [-0.15, -0.1) is 0 Å². The summed E-state index contributed by atoms with van der Waals surface area (Å²) in [5.74, 6) is 0.693. The molecule has 0 saturated carbocycles. The van der Waals surface area contributed by atoms with Crippen LogP contribution in [0.2, 0.25) is 0 Å². The Kier molecular flexibility index (Phi) is 19.4. The van der Waals surface area contributed by atoms with E-state index in [2.05, 4.69) is 52.2 Å². The van der Waals surface area contributed by atoms with Gasteiger partial charge >= 0.3 is 6.09 Å². The number of rotatable bonds is 22. The third-order valence-corrected chi connectivity index (χ3v) is 11.8. The minimum Gasteiger partial charge on any atom is -0.449 e. The van der Waals surface area contributed by atoms with E-state index in [9.17, 15) is 24.0 Å². The highest BCUT2D eigenvalue weighted by molar-refractivity contribution is 5.94. The lowest BCUT2D eigenvalue weighted by Crippen LogP contribution is -2.63. The van der Waals surface area contributed by atoms with Gasteiger partial charge in [0.1, 0.15) is 0 Å². The number of likely N-dealkylation sites (tertiary alicyclic amines) is 2. The average Bonchev–Trinajstić information content (AvgIpc) is 3.75. The maximum atomic E-state index is 14.2. The smallest absolute Gasteiger partial charge is 0.409 e. The van der Waals surface area contributed by atoms with Crippen molar-refractivity contribution in [2.45, 2.75) is 241 Å². The van der Waals surface area contributed by atoms with Gasteiger partial charge in [-0.1, -0.05) is 120 Å². The third-order valence-electron chi connectivity index (χ3n) is 11.8. The maximum absolute atomic E-state index is 14.2. The lowest BCUT2D eigenvalue weighted by Gasteiger charge is -2.43. The van der Waals surface area contributed by atoms with Gasteiger partial charge < -0.3 is 19.9 Å². The van der Waals surface area contributed by atoms with Gasteiger partial charge in [0.2, 0.25) is 5.91 Å². The van der Waals surface area contributed by atoms with E-state index >= 15 is 0 Å². The van der Waals surface area contributed by atoms with Crippen LogP contribution in [0.25, 0.3) is 0 Å². The predicted octanol–water partition coefficient (Wildman–Crippen LogP) is 10.4. The van der Waals surface area contributed by atoms with Crippen LogP contribution < -0.4 is 10.6 Å². The number of ether oxygens (including phenoxy) is 1. The summed E-state index contributed by atoms with van der Waals surface area (Å²) in [5.41, 5.74) is -3.30. The molecule has 2 fully saturated rings. The standard InChI is InChI=1S/C49H90N4O6/c1-43(2,3)39(55)37-28-27-33-53(37)38(54)29-23-19-18-21-25-31-48(50-46(10,11)12,40(56)44(4,5)6)30-24-20-16-17-22-26-35-59-42(58)52-34-32-49(36-52,51-47(13,14)15)41(57)45(7,8)9/h37,50-51H,16-36H2,1-15H3/t37-,48?,49+/m1/s1. The zero-order valence-corrected chi connectivity index (χ0v) is 40.8. The van der Waals surface area contributed by atoms with Gasteiger partial charge in [0.05, 0.1) is 23.7 Å². The van der Waals surface area contributed by atoms with E-state index in [1.807, 2.05) is 67.2 Å². The van der Waals surface area contributed by atoms with E-state index in [0.717, 1.165) is 96.3 Å². The summed E-state index contributed by atoms with van der Waals surface area (Å²) in [4.78, 5) is 70.3. The monoisotopic (exact) mass is 831 g/mol. The average molecular weight is 831 g/mol. The normalized spacial score (nSPS) is 20.5. The lowest BCUT2D eigenvalue weighted by atomic mass is 9.72. The van der Waals surface area contributed by atoms with Crippen molar-refractivity contribution in [3.63, 3.8) is 0 Å². The summed E-state index contributed by atoms with van der Waals surface area (Å²) >= 11 is 0. The van der Waals surface area contributed by atoms with Crippen LogP contribution in [0.15, 0.2) is 0 Å². The van der Waals surface area contributed by atoms with Gasteiger partial charge in [-0.3, -0.25) is 24.5 Å². The van der Waals surface area contributed by atoms with E-state index in [-0.39, 0.29) is 46.5 Å². The molecule has 10 nitrogen and oxygen atoms in total. The molecule has 1 unspecified atom stereocenters. The number of Topliss-reactive ketones (excluding diaryl/α,β-unsaturated/α-hetero) is 3. The first-order valence-electron chi connectivity index (χ1n) is 23.4. The van der Waals surface area contributed by atoms with Crippen molar-refractivity contribution < 1.29 is 28.7 Å². The molecule has 0 spiro atoms. The molecule has 2 N–H and O–H groups in total. The first kappa shape index (κ1) is 52.8. The van der Waals surface area contributed by atoms with Crippen LogP contribution in [-0.2, 0) is 23.9 Å². The molecule has 10 heteroatoms. The maximum Gasteiger partial charge on any atom is 0.409 e. The number of unbranched alkanes of at least 4 members (excludes halogenated alkanes) is 9. The highest BCUT2D eigenvalue weighted by Gasteiger charge is 2.51. The van der Waals surface area contributed by atoms with Crippen molar-refractivity contribution in [1.82, 2.24) is 20.4 Å². The van der Waals surface area contributed by atoms with Crippen LogP contribution in [0, 0.1) is 16.2 Å². The molecule has 2 heterocycles. The number of nitrogens with one attached hydrogen (secondary N) is 2. The van der Waals surface area contributed by atoms with Gasteiger partial charge in [-0.25, -0.2) is 4.79 Å². The molecule has 2 rings (SSSR count). The number of hydrogen-bond donors (Lipinski definition) is 2. The van der Waals surface area contributed by atoms with Crippen molar-refractivity contribution in [3.8, 4) is 0 Å². The summed E-state index contributed by atoms with van der Waals surface area (Å²) in [6.45, 7) is 32.2. The van der Waals surface area contributed by atoms with Gasteiger partial charge in [0.15, 0.2) is 17.3 Å². The Morgan fingerprint density at radius 2 is 1.15 bits per heavy atom. The summed E-state index contributed by atoms with van der Waals surface area (Å²) in [6.07, 6.45) is 14.7. The Hall–Kier alpha value is -2.33. The topological polar surface area (TPSA) is 125 Å². The SMILES string of the molecule is CC(C)(C)NC(CCCCCCCCOC(=O)N1CC[C@@](NC(C)(C)C)(C(=O)C(C)(C)C)C1)(CCCCCCCC(=O)N1CCC[C@@H]1C(=O)C(C)(C)C)C(=O)C(C)(C)C. The molecule has 2 aliphatic heterocycles. The molecule has 2 saturated heterocycles. The van der Waals surface area contributed by atoms with E-state index in [1.54, 1.807) is 4.90 Å². The van der Waals surface area contributed by atoms with E-state index in [4.69, 9.17) is 4.74 Å². The van der Waals surface area contributed by atoms with Crippen LogP contribution in [-0.4, -0.2) is 93.6 Å². The molecule has 0 aliphatic carbocycles. The van der Waals surface area contributed by atoms with Crippen molar-refractivity contribution >= 4 is 29.4 Å². The Bertz CT molecular complexity index is 1390. The summed E-state index contributed by atoms with van der Waals surface area (Å²) in [6, 6.07) is -0.268. The highest BCUT2D eigenvalue weighted by Crippen LogP contribution is 2.35. The first-order valence-corrected chi connectivity index (χ1v) is 23.4. The molecule has 0 radical (unpaired) electrons. The van der Waals surface area contributed by atoms with E-state index < -0.39 is 27.3 Å². The largest absolute Gasteiger partial charge is 0.449 e. The van der Waals surface area contributed by atoms with Gasteiger partial charge in [-0.05, 0) is 86.5 Å². The fourth-order valence-electron chi connectivity index (χ4n) is 9.42. The number of nitrogens with zero attached hydrogens (tertiary/aromatic N) is 2. The molecule has 59 heavy (non-hydrogen) atoms. The Labute approximate surface area is 361 Å². The summed E-state index contributed by atoms with van der Waals surface area (Å²) < 4.78 is 5.69. The number of ketones is 3. The zero-order chi connectivity index (χ0) is 45.1. The Balaban J connectivity index is 1.83. The molecule has 0 aromatic rings. The fraction of sp³-hybridized carbons (Fsp3) is 0.898. The van der Waals surface area contributed by atoms with Gasteiger partial charge in [-0.2, -0.15) is 0 Å². The molecule has 342 valence electrons. The fourth-order valence-corrected chi connectivity index (χ4v) is 9.42. The van der Waals surface area contributed by atoms with Crippen LogP contribution in [0.3, 0.4) is 0 Å². The van der Waals surface area contributed by atoms with Gasteiger partial charge in [0.25, 0.3) is 0 Å². The second kappa shape index (κ2) is 21.6. The van der Waals surface area contributed by atoms with Crippen molar-refractivity contribution in [1.29, 1.82) is 0 Å². The Morgan fingerprint density at radius 1 is 0.627 bits per heavy atom. The molecule has 2 amide bonds. The molecular weight excluding hydrogens is 741 g/mol. The number of hydrogen-bond acceptors (Lipinski definition) is 8. The molecule has 2 aliphatic rings. The van der Waals surface area contributed by atoms with Gasteiger partial charge in [0, 0.05) is 53.4 Å². The van der Waals surface area contributed by atoms with Crippen molar-refractivity contribution in [2.75, 3.05) is 26.2 Å².